The smallest absolute Gasteiger partial charge is 0.102 e. The first-order chi connectivity index (χ1) is 8.66. The molecule has 3 rings (SSSR count). The highest BCUT2D eigenvalue weighted by atomic mass is 35.5. The maximum absolute atomic E-state index is 6.06. The van der Waals surface area contributed by atoms with Gasteiger partial charge >= 0.3 is 0 Å². The van der Waals surface area contributed by atoms with E-state index in [1.165, 1.54) is 0 Å². The van der Waals surface area contributed by atoms with E-state index in [1.54, 1.807) is 0 Å². The molecule has 0 saturated carbocycles. The number of aryl methyl sites for hydroxylation is 1. The molecule has 0 radical (unpaired) electrons. The number of hydrogen-bond donors (Lipinski definition) is 2. The number of hydrogen-bond acceptors (Lipinski definition) is 2. The van der Waals surface area contributed by atoms with Gasteiger partial charge in [0.1, 0.15) is 5.69 Å². The van der Waals surface area contributed by atoms with Crippen molar-refractivity contribution in [1.29, 1.82) is 0 Å². The van der Waals surface area contributed by atoms with E-state index < -0.39 is 0 Å². The van der Waals surface area contributed by atoms with Crippen LogP contribution in [0.25, 0.3) is 22.2 Å². The Morgan fingerprint density at radius 2 is 2.06 bits per heavy atom. The molecule has 3 aromatic rings. The van der Waals surface area contributed by atoms with Crippen molar-refractivity contribution in [2.45, 2.75) is 6.92 Å². The van der Waals surface area contributed by atoms with E-state index in [0.717, 1.165) is 33.4 Å². The molecule has 0 saturated heterocycles. The van der Waals surface area contributed by atoms with Gasteiger partial charge in [0.2, 0.25) is 0 Å². The number of nitrogens with zero attached hydrogens (tertiary/aromatic N) is 1. The Balaban J connectivity index is 2.35. The van der Waals surface area contributed by atoms with Gasteiger partial charge in [-0.15, -0.1) is 0 Å². The second kappa shape index (κ2) is 4.03. The Hall–Kier alpha value is -2.00. The Morgan fingerprint density at radius 3 is 2.89 bits per heavy atom. The van der Waals surface area contributed by atoms with E-state index in [0.29, 0.717) is 5.02 Å². The standard InChI is InChI=1S/C14H12ClN3/c1-8-5-6-9(15)7-10(8)14-13-11(16)3-2-4-12(13)17-18-14/h2-7H,16H2,1H3,(H,17,18). The van der Waals surface area contributed by atoms with Crippen molar-refractivity contribution < 1.29 is 0 Å². The molecular formula is C14H12ClN3. The number of halogens is 1. The summed E-state index contributed by atoms with van der Waals surface area (Å²) in [5, 5.41) is 9.01. The highest BCUT2D eigenvalue weighted by Gasteiger charge is 2.12. The van der Waals surface area contributed by atoms with E-state index in [9.17, 15) is 0 Å². The van der Waals surface area contributed by atoms with Crippen LogP contribution in [0.15, 0.2) is 36.4 Å². The molecule has 0 fully saturated rings. The molecule has 0 aliphatic heterocycles. The lowest BCUT2D eigenvalue weighted by Gasteiger charge is -2.05. The normalized spacial score (nSPS) is 11.0. The summed E-state index contributed by atoms with van der Waals surface area (Å²) in [6, 6.07) is 11.5. The first kappa shape index (κ1) is 11.1. The Kier molecular flexibility index (Phi) is 2.49. The fourth-order valence-corrected chi connectivity index (χ4v) is 2.32. The molecule has 0 amide bonds. The molecule has 18 heavy (non-hydrogen) atoms. The quantitative estimate of drug-likeness (QED) is 0.652. The van der Waals surface area contributed by atoms with Crippen molar-refractivity contribution >= 4 is 28.2 Å². The van der Waals surface area contributed by atoms with Crippen LogP contribution < -0.4 is 5.73 Å². The lowest BCUT2D eigenvalue weighted by atomic mass is 10.0. The van der Waals surface area contributed by atoms with Crippen LogP contribution in [0.2, 0.25) is 5.02 Å². The number of nitrogens with one attached hydrogen (secondary N) is 1. The topological polar surface area (TPSA) is 54.7 Å². The van der Waals surface area contributed by atoms with Crippen molar-refractivity contribution in [3.63, 3.8) is 0 Å². The molecule has 0 unspecified atom stereocenters. The zero-order chi connectivity index (χ0) is 12.7. The first-order valence-electron chi connectivity index (χ1n) is 5.66. The number of fused-ring (bicyclic) bond motifs is 1. The first-order valence-corrected chi connectivity index (χ1v) is 6.03. The molecule has 1 heterocycles. The molecule has 0 bridgehead atoms. The van der Waals surface area contributed by atoms with Gasteiger partial charge in [-0.3, -0.25) is 5.10 Å². The highest BCUT2D eigenvalue weighted by molar-refractivity contribution is 6.31. The van der Waals surface area contributed by atoms with Crippen LogP contribution in [0.5, 0.6) is 0 Å². The van der Waals surface area contributed by atoms with Crippen LogP contribution in [-0.4, -0.2) is 10.2 Å². The average molecular weight is 258 g/mol. The second-order valence-corrected chi connectivity index (χ2v) is 4.74. The summed E-state index contributed by atoms with van der Waals surface area (Å²) in [5.41, 5.74) is 10.7. The predicted octanol–water partition coefficient (Wildman–Crippen LogP) is 3.77. The van der Waals surface area contributed by atoms with Crippen LogP contribution in [-0.2, 0) is 0 Å². The fraction of sp³-hybridized carbons (Fsp3) is 0.0714. The zero-order valence-electron chi connectivity index (χ0n) is 9.87. The number of nitrogens with two attached hydrogens (primary N) is 1. The van der Waals surface area contributed by atoms with Crippen LogP contribution in [0.3, 0.4) is 0 Å². The summed E-state index contributed by atoms with van der Waals surface area (Å²) in [4.78, 5) is 0. The summed E-state index contributed by atoms with van der Waals surface area (Å²) >= 11 is 6.06. The molecule has 0 aliphatic carbocycles. The Labute approximate surface area is 110 Å². The minimum atomic E-state index is 0.696. The third kappa shape index (κ3) is 1.64. The van der Waals surface area contributed by atoms with Gasteiger partial charge in [-0.05, 0) is 36.8 Å². The number of anilines is 1. The lowest BCUT2D eigenvalue weighted by Crippen LogP contribution is -1.88. The number of nitrogen functional groups attached to an aromatic ring is 1. The van der Waals surface area contributed by atoms with Crippen molar-refractivity contribution in [1.82, 2.24) is 10.2 Å². The van der Waals surface area contributed by atoms with Gasteiger partial charge in [0.05, 0.1) is 10.9 Å². The summed E-state index contributed by atoms with van der Waals surface area (Å²) < 4.78 is 0. The van der Waals surface area contributed by atoms with Crippen molar-refractivity contribution in [3.8, 4) is 11.3 Å². The van der Waals surface area contributed by atoms with Crippen LogP contribution in [0, 0.1) is 6.92 Å². The molecule has 90 valence electrons. The Bertz CT molecular complexity index is 731. The van der Waals surface area contributed by atoms with E-state index in [4.69, 9.17) is 17.3 Å². The van der Waals surface area contributed by atoms with E-state index in [-0.39, 0.29) is 0 Å². The minimum absolute atomic E-state index is 0.696. The third-order valence-corrected chi connectivity index (χ3v) is 3.31. The van der Waals surface area contributed by atoms with Gasteiger partial charge in [-0.2, -0.15) is 5.10 Å². The van der Waals surface area contributed by atoms with Crippen molar-refractivity contribution in [3.05, 3.63) is 47.0 Å². The number of rotatable bonds is 1. The summed E-state index contributed by atoms with van der Waals surface area (Å²) in [6.07, 6.45) is 0. The van der Waals surface area contributed by atoms with Crippen LogP contribution >= 0.6 is 11.6 Å². The molecule has 3 N–H and O–H groups in total. The van der Waals surface area contributed by atoms with Crippen molar-refractivity contribution in [2.24, 2.45) is 0 Å². The maximum Gasteiger partial charge on any atom is 0.102 e. The van der Waals surface area contributed by atoms with Crippen LogP contribution in [0.4, 0.5) is 5.69 Å². The summed E-state index contributed by atoms with van der Waals surface area (Å²) in [5.74, 6) is 0. The summed E-state index contributed by atoms with van der Waals surface area (Å²) in [7, 11) is 0. The molecular weight excluding hydrogens is 246 g/mol. The number of H-pyrrole nitrogens is 1. The van der Waals surface area contributed by atoms with Gasteiger partial charge < -0.3 is 5.73 Å². The van der Waals surface area contributed by atoms with Gasteiger partial charge in [-0.25, -0.2) is 0 Å². The monoisotopic (exact) mass is 257 g/mol. The number of aromatic amines is 1. The Morgan fingerprint density at radius 1 is 1.22 bits per heavy atom. The SMILES string of the molecule is Cc1ccc(Cl)cc1-c1n[nH]c2cccc(N)c12. The fourth-order valence-electron chi connectivity index (χ4n) is 2.14. The zero-order valence-corrected chi connectivity index (χ0v) is 10.6. The number of benzene rings is 2. The molecule has 0 aliphatic rings. The van der Waals surface area contributed by atoms with Crippen molar-refractivity contribution in [2.75, 3.05) is 5.73 Å². The molecule has 0 spiro atoms. The predicted molar refractivity (Wildman–Crippen MR) is 75.7 cm³/mol. The summed E-state index contributed by atoms with van der Waals surface area (Å²) in [6.45, 7) is 2.03. The number of aromatic nitrogens is 2. The van der Waals surface area contributed by atoms with Gasteiger partial charge in [0.25, 0.3) is 0 Å². The molecule has 2 aromatic carbocycles. The van der Waals surface area contributed by atoms with E-state index in [1.807, 2.05) is 43.3 Å². The second-order valence-electron chi connectivity index (χ2n) is 4.30. The van der Waals surface area contributed by atoms with E-state index in [2.05, 4.69) is 10.2 Å². The molecule has 3 nitrogen and oxygen atoms in total. The van der Waals surface area contributed by atoms with Gasteiger partial charge in [0, 0.05) is 16.3 Å². The average Bonchev–Trinajstić information content (AvgIpc) is 2.77. The van der Waals surface area contributed by atoms with E-state index >= 15 is 0 Å². The third-order valence-electron chi connectivity index (χ3n) is 3.08. The van der Waals surface area contributed by atoms with Crippen LogP contribution in [0.1, 0.15) is 5.56 Å². The maximum atomic E-state index is 6.06. The lowest BCUT2D eigenvalue weighted by molar-refractivity contribution is 1.12. The molecule has 1 aromatic heterocycles. The highest BCUT2D eigenvalue weighted by Crippen LogP contribution is 2.33. The molecule has 4 heteroatoms. The molecule has 0 atom stereocenters. The minimum Gasteiger partial charge on any atom is -0.398 e. The van der Waals surface area contributed by atoms with Gasteiger partial charge in [-0.1, -0.05) is 23.7 Å². The van der Waals surface area contributed by atoms with Gasteiger partial charge in [0.15, 0.2) is 0 Å². The largest absolute Gasteiger partial charge is 0.398 e.